The molecule has 6 heteroatoms. The van der Waals surface area contributed by atoms with Crippen LogP contribution in [0.2, 0.25) is 0 Å². The van der Waals surface area contributed by atoms with Crippen LogP contribution in [-0.2, 0) is 4.79 Å². The summed E-state index contributed by atoms with van der Waals surface area (Å²) in [6, 6.07) is 8.24. The molecule has 1 N–H and O–H groups in total. The van der Waals surface area contributed by atoms with E-state index in [4.69, 9.17) is 0 Å². The molecule has 0 bridgehead atoms. The van der Waals surface area contributed by atoms with Gasteiger partial charge in [0.15, 0.2) is 0 Å². The van der Waals surface area contributed by atoms with Crippen molar-refractivity contribution in [3.05, 3.63) is 40.4 Å². The zero-order chi connectivity index (χ0) is 21.0. The summed E-state index contributed by atoms with van der Waals surface area (Å²) in [7, 11) is 0. The van der Waals surface area contributed by atoms with E-state index in [1.54, 1.807) is 0 Å². The summed E-state index contributed by atoms with van der Waals surface area (Å²) in [4.78, 5) is 32.6. The molecule has 156 valence electrons. The minimum Gasteiger partial charge on any atom is -0.356 e. The lowest BCUT2D eigenvalue weighted by atomic mass is 9.85. The van der Waals surface area contributed by atoms with Crippen molar-refractivity contribution < 1.29 is 9.59 Å². The Bertz CT molecular complexity index is 852. The number of likely N-dealkylation sites (tertiary alicyclic amines) is 1. The van der Waals surface area contributed by atoms with Crippen LogP contribution in [0.25, 0.3) is 10.6 Å². The van der Waals surface area contributed by atoms with Crippen molar-refractivity contribution in [3.63, 3.8) is 0 Å². The Morgan fingerprint density at radius 2 is 1.86 bits per heavy atom. The summed E-state index contributed by atoms with van der Waals surface area (Å²) < 4.78 is 0. The molecule has 0 radical (unpaired) electrons. The number of nitrogens with one attached hydrogen (secondary N) is 1. The maximum absolute atomic E-state index is 13.1. The summed E-state index contributed by atoms with van der Waals surface area (Å²) in [5.74, 6) is 0.538. The third-order valence-corrected chi connectivity index (χ3v) is 6.98. The number of benzene rings is 1. The predicted molar refractivity (Wildman–Crippen MR) is 118 cm³/mol. The van der Waals surface area contributed by atoms with Crippen LogP contribution in [-0.4, -0.2) is 41.3 Å². The van der Waals surface area contributed by atoms with Crippen LogP contribution in [0.5, 0.6) is 0 Å². The Kier molecular flexibility index (Phi) is 7.06. The van der Waals surface area contributed by atoms with Gasteiger partial charge in [-0.2, -0.15) is 0 Å². The van der Waals surface area contributed by atoms with Gasteiger partial charge in [0.1, 0.15) is 9.88 Å². The van der Waals surface area contributed by atoms with Crippen LogP contribution in [0.3, 0.4) is 0 Å². The lowest BCUT2D eigenvalue weighted by Gasteiger charge is -2.34. The Balaban J connectivity index is 1.62. The minimum atomic E-state index is -0.00270. The number of nitrogens with zero attached hydrogens (tertiary/aromatic N) is 2. The molecule has 0 saturated carbocycles. The van der Waals surface area contributed by atoms with Crippen molar-refractivity contribution in [2.45, 2.75) is 47.0 Å². The Hall–Kier alpha value is -2.21. The average Bonchev–Trinajstić information content (AvgIpc) is 3.13. The van der Waals surface area contributed by atoms with E-state index in [0.29, 0.717) is 19.0 Å². The number of hydrogen-bond acceptors (Lipinski definition) is 4. The van der Waals surface area contributed by atoms with Crippen molar-refractivity contribution in [3.8, 4) is 10.6 Å². The number of aromatic nitrogens is 1. The molecule has 0 spiro atoms. The standard InChI is InChI=1S/C23H31N3O2S/c1-5-12-24-21(27)16(3)18-10-13-26(14-11-18)23(28)20-17(4)25-22(29-20)19-8-6-15(2)7-9-19/h6-9,16,18H,5,10-14H2,1-4H3,(H,24,27)/t16-/m0/s1. The SMILES string of the molecule is CCCNC(=O)[C@@H](C)C1CCN(C(=O)c2sc(-c3ccc(C)cc3)nc2C)CC1. The highest BCUT2D eigenvalue weighted by atomic mass is 32.1. The first-order valence-corrected chi connectivity index (χ1v) is 11.3. The molecule has 1 aromatic heterocycles. The van der Waals surface area contributed by atoms with Gasteiger partial charge in [-0.3, -0.25) is 9.59 Å². The second-order valence-electron chi connectivity index (χ2n) is 8.01. The molecule has 1 aromatic carbocycles. The predicted octanol–water partition coefficient (Wildman–Crippen LogP) is 4.44. The van der Waals surface area contributed by atoms with E-state index in [2.05, 4.69) is 48.4 Å². The van der Waals surface area contributed by atoms with Gasteiger partial charge in [-0.05, 0) is 39.0 Å². The fourth-order valence-electron chi connectivity index (χ4n) is 3.78. The molecule has 2 aromatic rings. The molecule has 1 aliphatic heterocycles. The quantitative estimate of drug-likeness (QED) is 0.761. The second kappa shape index (κ2) is 9.53. The maximum Gasteiger partial charge on any atom is 0.265 e. The van der Waals surface area contributed by atoms with Gasteiger partial charge < -0.3 is 10.2 Å². The Labute approximate surface area is 177 Å². The molecular formula is C23H31N3O2S. The van der Waals surface area contributed by atoms with Gasteiger partial charge in [0.25, 0.3) is 5.91 Å². The molecule has 2 heterocycles. The number of piperidine rings is 1. The Morgan fingerprint density at radius 1 is 1.21 bits per heavy atom. The fourth-order valence-corrected chi connectivity index (χ4v) is 4.82. The van der Waals surface area contributed by atoms with Crippen molar-refractivity contribution >= 4 is 23.2 Å². The number of hydrogen-bond donors (Lipinski definition) is 1. The largest absolute Gasteiger partial charge is 0.356 e. The monoisotopic (exact) mass is 413 g/mol. The van der Waals surface area contributed by atoms with E-state index in [1.165, 1.54) is 16.9 Å². The van der Waals surface area contributed by atoms with Crippen molar-refractivity contribution in [2.75, 3.05) is 19.6 Å². The molecule has 1 fully saturated rings. The topological polar surface area (TPSA) is 62.3 Å². The molecule has 0 unspecified atom stereocenters. The van der Waals surface area contributed by atoms with Gasteiger partial charge in [-0.15, -0.1) is 11.3 Å². The fraction of sp³-hybridized carbons (Fsp3) is 0.522. The summed E-state index contributed by atoms with van der Waals surface area (Å²) in [6.07, 6.45) is 2.69. The third-order valence-electron chi connectivity index (χ3n) is 5.79. The molecule has 1 atom stereocenters. The van der Waals surface area contributed by atoms with E-state index in [0.717, 1.165) is 46.9 Å². The van der Waals surface area contributed by atoms with E-state index in [-0.39, 0.29) is 17.7 Å². The molecule has 1 saturated heterocycles. The number of rotatable bonds is 6. The summed E-state index contributed by atoms with van der Waals surface area (Å²) >= 11 is 1.47. The number of carbonyl (C=O) groups is 2. The molecule has 29 heavy (non-hydrogen) atoms. The zero-order valence-electron chi connectivity index (χ0n) is 17.8. The van der Waals surface area contributed by atoms with Gasteiger partial charge >= 0.3 is 0 Å². The van der Waals surface area contributed by atoms with Gasteiger partial charge in [-0.25, -0.2) is 4.98 Å². The van der Waals surface area contributed by atoms with Crippen LogP contribution in [0, 0.1) is 25.7 Å². The van der Waals surface area contributed by atoms with Crippen molar-refractivity contribution in [1.29, 1.82) is 0 Å². The minimum absolute atomic E-state index is 0.00270. The molecule has 2 amide bonds. The first kappa shape index (κ1) is 21.5. The van der Waals surface area contributed by atoms with E-state index in [1.807, 2.05) is 18.7 Å². The highest BCUT2D eigenvalue weighted by Gasteiger charge is 2.31. The second-order valence-corrected chi connectivity index (χ2v) is 9.01. The summed E-state index contributed by atoms with van der Waals surface area (Å²) in [5, 5.41) is 3.88. The first-order chi connectivity index (χ1) is 13.9. The van der Waals surface area contributed by atoms with E-state index >= 15 is 0 Å². The van der Waals surface area contributed by atoms with Crippen LogP contribution < -0.4 is 5.32 Å². The number of carbonyl (C=O) groups excluding carboxylic acids is 2. The average molecular weight is 414 g/mol. The zero-order valence-corrected chi connectivity index (χ0v) is 18.6. The first-order valence-electron chi connectivity index (χ1n) is 10.5. The highest BCUT2D eigenvalue weighted by molar-refractivity contribution is 7.17. The Morgan fingerprint density at radius 3 is 2.48 bits per heavy atom. The molecule has 1 aliphatic rings. The normalized spacial score (nSPS) is 15.9. The van der Waals surface area contributed by atoms with E-state index in [9.17, 15) is 9.59 Å². The van der Waals surface area contributed by atoms with Gasteiger partial charge in [-0.1, -0.05) is 43.7 Å². The van der Waals surface area contributed by atoms with Gasteiger partial charge in [0.2, 0.25) is 5.91 Å². The lowest BCUT2D eigenvalue weighted by molar-refractivity contribution is -0.126. The van der Waals surface area contributed by atoms with Crippen molar-refractivity contribution in [2.24, 2.45) is 11.8 Å². The van der Waals surface area contributed by atoms with Crippen molar-refractivity contribution in [1.82, 2.24) is 15.2 Å². The maximum atomic E-state index is 13.1. The molecule has 0 aliphatic carbocycles. The van der Waals surface area contributed by atoms with Crippen LogP contribution in [0.1, 0.15) is 54.0 Å². The summed E-state index contributed by atoms with van der Waals surface area (Å²) in [6.45, 7) is 10.2. The van der Waals surface area contributed by atoms with E-state index < -0.39 is 0 Å². The van der Waals surface area contributed by atoms with Crippen LogP contribution in [0.4, 0.5) is 0 Å². The highest BCUT2D eigenvalue weighted by Crippen LogP contribution is 2.31. The van der Waals surface area contributed by atoms with Gasteiger partial charge in [0, 0.05) is 31.1 Å². The molecular weight excluding hydrogens is 382 g/mol. The van der Waals surface area contributed by atoms with Crippen LogP contribution >= 0.6 is 11.3 Å². The summed E-state index contributed by atoms with van der Waals surface area (Å²) in [5.41, 5.74) is 3.05. The lowest BCUT2D eigenvalue weighted by Crippen LogP contribution is -2.42. The van der Waals surface area contributed by atoms with Gasteiger partial charge in [0.05, 0.1) is 5.69 Å². The number of aryl methyl sites for hydroxylation is 2. The third kappa shape index (κ3) is 5.04. The number of amides is 2. The molecule has 5 nitrogen and oxygen atoms in total. The van der Waals surface area contributed by atoms with Crippen LogP contribution in [0.15, 0.2) is 24.3 Å². The molecule has 3 rings (SSSR count). The smallest absolute Gasteiger partial charge is 0.265 e. The number of thiazole rings is 1.